The quantitative estimate of drug-likeness (QED) is 0.456. The van der Waals surface area contributed by atoms with Crippen molar-refractivity contribution in [1.82, 2.24) is 0 Å². The third-order valence-electron chi connectivity index (χ3n) is 6.59. The van der Waals surface area contributed by atoms with E-state index in [1.54, 1.807) is 0 Å². The van der Waals surface area contributed by atoms with Crippen molar-refractivity contribution < 1.29 is 9.59 Å². The average Bonchev–Trinajstić information content (AvgIpc) is 3.06. The number of hydrogen-bond donors (Lipinski definition) is 0. The number of nitrogens with zero attached hydrogens (tertiary/aromatic N) is 1. The fourth-order valence-electron chi connectivity index (χ4n) is 5.27. The zero-order chi connectivity index (χ0) is 20.7. The van der Waals surface area contributed by atoms with Crippen LogP contribution < -0.4 is 4.90 Å². The first-order valence-electron chi connectivity index (χ1n) is 10.4. The van der Waals surface area contributed by atoms with Crippen LogP contribution in [0.3, 0.4) is 0 Å². The maximum absolute atomic E-state index is 13.7. The second kappa shape index (κ2) is 7.84. The van der Waals surface area contributed by atoms with Gasteiger partial charge in [0.1, 0.15) is 0 Å². The minimum Gasteiger partial charge on any atom is -0.274 e. The van der Waals surface area contributed by atoms with Gasteiger partial charge in [-0.05, 0) is 60.1 Å². The minimum atomic E-state index is -0.331. The molecule has 3 aromatic carbocycles. The van der Waals surface area contributed by atoms with E-state index in [1.807, 2.05) is 60.7 Å². The molecule has 0 bridgehead atoms. The second-order valence-electron chi connectivity index (χ2n) is 8.15. The molecule has 3 aromatic rings. The molecule has 0 unspecified atom stereocenters. The highest BCUT2D eigenvalue weighted by Gasteiger charge is 2.56. The number of imide groups is 1. The monoisotopic (exact) mass is 459 g/mol. The van der Waals surface area contributed by atoms with Gasteiger partial charge >= 0.3 is 0 Å². The van der Waals surface area contributed by atoms with Gasteiger partial charge in [-0.3, -0.25) is 14.5 Å². The summed E-state index contributed by atoms with van der Waals surface area (Å²) in [6.07, 6.45) is 1.80. The molecule has 30 heavy (non-hydrogen) atoms. The highest BCUT2D eigenvalue weighted by atomic mass is 79.9. The maximum atomic E-state index is 13.7. The van der Waals surface area contributed by atoms with Crippen molar-refractivity contribution in [3.05, 3.63) is 101 Å². The largest absolute Gasteiger partial charge is 0.274 e. The van der Waals surface area contributed by atoms with Gasteiger partial charge in [0.2, 0.25) is 11.8 Å². The lowest BCUT2D eigenvalue weighted by Crippen LogP contribution is -2.34. The van der Waals surface area contributed by atoms with Crippen LogP contribution in [0.25, 0.3) is 0 Å². The van der Waals surface area contributed by atoms with E-state index < -0.39 is 0 Å². The van der Waals surface area contributed by atoms with Gasteiger partial charge in [0.05, 0.1) is 17.5 Å². The van der Waals surface area contributed by atoms with Crippen LogP contribution in [-0.2, 0) is 9.59 Å². The third-order valence-corrected chi connectivity index (χ3v) is 7.12. The molecule has 0 spiro atoms. The van der Waals surface area contributed by atoms with Crippen molar-refractivity contribution >= 4 is 33.4 Å². The van der Waals surface area contributed by atoms with Crippen LogP contribution >= 0.6 is 15.9 Å². The molecule has 0 radical (unpaired) electrons. The smallest absolute Gasteiger partial charge is 0.238 e. The van der Waals surface area contributed by atoms with Crippen LogP contribution in [-0.4, -0.2) is 11.8 Å². The fourth-order valence-corrected chi connectivity index (χ4v) is 5.53. The van der Waals surface area contributed by atoms with Crippen molar-refractivity contribution in [2.45, 2.75) is 24.7 Å². The Labute approximate surface area is 184 Å². The van der Waals surface area contributed by atoms with E-state index >= 15 is 0 Å². The molecule has 2 amide bonds. The average molecular weight is 460 g/mol. The molecule has 2 fully saturated rings. The first-order chi connectivity index (χ1) is 14.6. The SMILES string of the molecule is O=C1[C@@H]2[C@H](C(=O)N1c1ccc(Br)cc1)[C@H](c1ccccc1)CC[C@H]2c1ccccc1. The number of fused-ring (bicyclic) bond motifs is 1. The number of carbonyl (C=O) groups excluding carboxylic acids is 2. The summed E-state index contributed by atoms with van der Waals surface area (Å²) < 4.78 is 0.923. The summed E-state index contributed by atoms with van der Waals surface area (Å²) in [6.45, 7) is 0. The highest BCUT2D eigenvalue weighted by Crippen LogP contribution is 2.53. The van der Waals surface area contributed by atoms with Crippen LogP contribution in [0.5, 0.6) is 0 Å². The van der Waals surface area contributed by atoms with Crippen molar-refractivity contribution in [2.75, 3.05) is 4.90 Å². The molecular formula is C26H22BrNO2. The Bertz CT molecular complexity index is 1000. The molecule has 4 atom stereocenters. The van der Waals surface area contributed by atoms with Crippen molar-refractivity contribution in [3.8, 4) is 0 Å². The van der Waals surface area contributed by atoms with Gasteiger partial charge < -0.3 is 0 Å². The molecule has 4 heteroatoms. The number of amides is 2. The Kier molecular flexibility index (Phi) is 5.03. The van der Waals surface area contributed by atoms with E-state index in [0.29, 0.717) is 5.69 Å². The molecule has 0 aromatic heterocycles. The molecule has 2 aliphatic rings. The number of benzene rings is 3. The third kappa shape index (κ3) is 3.20. The van der Waals surface area contributed by atoms with Gasteiger partial charge in [-0.25, -0.2) is 0 Å². The normalized spacial score (nSPS) is 26.0. The molecule has 3 nitrogen and oxygen atoms in total. The topological polar surface area (TPSA) is 37.4 Å². The van der Waals surface area contributed by atoms with Gasteiger partial charge in [-0.1, -0.05) is 76.6 Å². The van der Waals surface area contributed by atoms with Gasteiger partial charge in [-0.15, -0.1) is 0 Å². The number of hydrogen-bond acceptors (Lipinski definition) is 2. The molecule has 5 rings (SSSR count). The van der Waals surface area contributed by atoms with Gasteiger partial charge in [0.25, 0.3) is 0 Å². The van der Waals surface area contributed by atoms with Gasteiger partial charge in [0, 0.05) is 4.47 Å². The molecular weight excluding hydrogens is 438 g/mol. The zero-order valence-electron chi connectivity index (χ0n) is 16.4. The van der Waals surface area contributed by atoms with Crippen molar-refractivity contribution in [1.29, 1.82) is 0 Å². The lowest BCUT2D eigenvalue weighted by Gasteiger charge is -2.37. The van der Waals surface area contributed by atoms with E-state index in [2.05, 4.69) is 40.2 Å². The summed E-state index contributed by atoms with van der Waals surface area (Å²) in [4.78, 5) is 28.8. The van der Waals surface area contributed by atoms with E-state index in [1.165, 1.54) is 4.90 Å². The van der Waals surface area contributed by atoms with Crippen LogP contribution in [0.4, 0.5) is 5.69 Å². The van der Waals surface area contributed by atoms with Crippen LogP contribution in [0, 0.1) is 11.8 Å². The van der Waals surface area contributed by atoms with Crippen LogP contribution in [0.1, 0.15) is 35.8 Å². The van der Waals surface area contributed by atoms with E-state index in [-0.39, 0.29) is 35.5 Å². The predicted octanol–water partition coefficient (Wildman–Crippen LogP) is 5.92. The van der Waals surface area contributed by atoms with Crippen molar-refractivity contribution in [3.63, 3.8) is 0 Å². The second-order valence-corrected chi connectivity index (χ2v) is 9.07. The zero-order valence-corrected chi connectivity index (χ0v) is 18.0. The molecule has 1 aliphatic heterocycles. The summed E-state index contributed by atoms with van der Waals surface area (Å²) in [5.41, 5.74) is 2.96. The molecule has 150 valence electrons. The Morgan fingerprint density at radius 1 is 0.633 bits per heavy atom. The molecule has 1 saturated carbocycles. The highest BCUT2D eigenvalue weighted by molar-refractivity contribution is 9.10. The van der Waals surface area contributed by atoms with Crippen LogP contribution in [0.2, 0.25) is 0 Å². The number of rotatable bonds is 3. The van der Waals surface area contributed by atoms with Gasteiger partial charge in [0.15, 0.2) is 0 Å². The maximum Gasteiger partial charge on any atom is 0.238 e. The van der Waals surface area contributed by atoms with E-state index in [9.17, 15) is 9.59 Å². The Hall–Kier alpha value is -2.72. The predicted molar refractivity (Wildman–Crippen MR) is 121 cm³/mol. The van der Waals surface area contributed by atoms with Crippen LogP contribution in [0.15, 0.2) is 89.4 Å². The van der Waals surface area contributed by atoms with Gasteiger partial charge in [-0.2, -0.15) is 0 Å². The molecule has 1 heterocycles. The Balaban J connectivity index is 1.60. The lowest BCUT2D eigenvalue weighted by molar-refractivity contribution is -0.122. The standard InChI is InChI=1S/C26H22BrNO2/c27-19-11-13-20(14-12-19)28-25(29)23-21(17-7-3-1-4-8-17)15-16-22(24(23)26(28)30)18-9-5-2-6-10-18/h1-14,21-24H,15-16H2/t21-,22-,23-,24+/m0/s1. The summed E-state index contributed by atoms with van der Waals surface area (Å²) in [5.74, 6) is -0.672. The summed E-state index contributed by atoms with van der Waals surface area (Å²) >= 11 is 3.44. The van der Waals surface area contributed by atoms with E-state index in [4.69, 9.17) is 0 Å². The summed E-state index contributed by atoms with van der Waals surface area (Å²) in [7, 11) is 0. The summed E-state index contributed by atoms with van der Waals surface area (Å²) in [5, 5.41) is 0. The number of halogens is 1. The molecule has 0 N–H and O–H groups in total. The summed E-state index contributed by atoms with van der Waals surface area (Å²) in [6, 6.07) is 27.8. The van der Waals surface area contributed by atoms with Crippen molar-refractivity contribution in [2.24, 2.45) is 11.8 Å². The fraction of sp³-hybridized carbons (Fsp3) is 0.231. The molecule has 1 saturated heterocycles. The lowest BCUT2D eigenvalue weighted by atomic mass is 9.64. The molecule has 1 aliphatic carbocycles. The number of anilines is 1. The Morgan fingerprint density at radius 2 is 1.07 bits per heavy atom. The minimum absolute atomic E-state index is 0.0630. The first kappa shape index (κ1) is 19.3. The Morgan fingerprint density at radius 3 is 1.50 bits per heavy atom. The van der Waals surface area contributed by atoms with E-state index in [0.717, 1.165) is 28.4 Å². The first-order valence-corrected chi connectivity index (χ1v) is 11.2. The number of carbonyl (C=O) groups is 2.